The van der Waals surface area contributed by atoms with Crippen LogP contribution in [-0.4, -0.2) is 4.57 Å². The number of aryl methyl sites for hydroxylation is 1. The first-order valence-electron chi connectivity index (χ1n) is 4.84. The normalized spacial score (nSPS) is 11.5. The lowest BCUT2D eigenvalue weighted by Gasteiger charge is -2.06. The molecular weight excluding hydrogens is 238 g/mol. The highest BCUT2D eigenvalue weighted by Crippen LogP contribution is 2.26. The average molecular weight is 252 g/mol. The summed E-state index contributed by atoms with van der Waals surface area (Å²) in [6, 6.07) is 8.69. The molecule has 0 amide bonds. The molecule has 0 fully saturated rings. The topological polar surface area (TPSA) is 4.93 Å². The van der Waals surface area contributed by atoms with Gasteiger partial charge in [-0.3, -0.25) is 0 Å². The fourth-order valence-corrected chi connectivity index (χ4v) is 2.23. The van der Waals surface area contributed by atoms with Crippen LogP contribution in [0.25, 0.3) is 10.9 Å². The fraction of sp³-hybridized carbons (Fsp3) is 0.333. The molecule has 1 aromatic carbocycles. The van der Waals surface area contributed by atoms with Gasteiger partial charge in [0.25, 0.3) is 0 Å². The molecule has 2 rings (SSSR count). The Kier molecular flexibility index (Phi) is 2.40. The fourth-order valence-electron chi connectivity index (χ4n) is 1.88. The minimum absolute atomic E-state index is 0.575. The number of hydrogen-bond acceptors (Lipinski definition) is 0. The van der Waals surface area contributed by atoms with Crippen LogP contribution < -0.4 is 0 Å². The van der Waals surface area contributed by atoms with Crippen molar-refractivity contribution < 1.29 is 0 Å². The van der Waals surface area contributed by atoms with Crippen molar-refractivity contribution in [2.45, 2.75) is 19.8 Å². The van der Waals surface area contributed by atoms with Crippen LogP contribution in [0.3, 0.4) is 0 Å². The molecule has 2 aromatic rings. The third kappa shape index (κ3) is 1.48. The van der Waals surface area contributed by atoms with Crippen LogP contribution in [-0.2, 0) is 7.05 Å². The van der Waals surface area contributed by atoms with E-state index in [1.165, 1.54) is 16.6 Å². The molecule has 1 heterocycles. The summed E-state index contributed by atoms with van der Waals surface area (Å²) in [7, 11) is 2.13. The lowest BCUT2D eigenvalue weighted by molar-refractivity contribution is 0.755. The van der Waals surface area contributed by atoms with Gasteiger partial charge in [0, 0.05) is 22.7 Å². The number of benzene rings is 1. The molecule has 0 aliphatic heterocycles. The lowest BCUT2D eigenvalue weighted by atomic mass is 10.1. The highest BCUT2D eigenvalue weighted by Gasteiger charge is 2.08. The monoisotopic (exact) mass is 251 g/mol. The van der Waals surface area contributed by atoms with E-state index in [4.69, 9.17) is 0 Å². The molecule has 0 aliphatic carbocycles. The minimum Gasteiger partial charge on any atom is -0.347 e. The van der Waals surface area contributed by atoms with Gasteiger partial charge in [-0.15, -0.1) is 0 Å². The molecule has 2 heteroatoms. The van der Waals surface area contributed by atoms with E-state index in [-0.39, 0.29) is 0 Å². The Balaban J connectivity index is 2.74. The van der Waals surface area contributed by atoms with Crippen molar-refractivity contribution in [1.82, 2.24) is 4.57 Å². The van der Waals surface area contributed by atoms with Crippen molar-refractivity contribution in [2.24, 2.45) is 7.05 Å². The van der Waals surface area contributed by atoms with E-state index in [0.717, 1.165) is 4.47 Å². The smallest absolute Gasteiger partial charge is 0.0491 e. The molecule has 74 valence electrons. The summed E-state index contributed by atoms with van der Waals surface area (Å²) in [4.78, 5) is 0. The van der Waals surface area contributed by atoms with Gasteiger partial charge in [0.05, 0.1) is 0 Å². The van der Waals surface area contributed by atoms with E-state index in [1.807, 2.05) is 0 Å². The number of hydrogen-bond donors (Lipinski definition) is 0. The number of fused-ring (bicyclic) bond motifs is 1. The summed E-state index contributed by atoms with van der Waals surface area (Å²) in [5.74, 6) is 0.575. The Bertz CT molecular complexity index is 468. The van der Waals surface area contributed by atoms with Crippen molar-refractivity contribution in [2.75, 3.05) is 0 Å². The van der Waals surface area contributed by atoms with Gasteiger partial charge in [-0.05, 0) is 29.5 Å². The second-order valence-corrected chi connectivity index (χ2v) is 4.90. The standard InChI is InChI=1S/C12H14BrN/c1-8(2)11-6-9-4-5-10(13)7-12(9)14(11)3/h4-8H,1-3H3. The second-order valence-electron chi connectivity index (χ2n) is 3.99. The van der Waals surface area contributed by atoms with E-state index >= 15 is 0 Å². The number of rotatable bonds is 1. The molecule has 0 saturated carbocycles. The zero-order valence-electron chi connectivity index (χ0n) is 8.71. The number of nitrogens with zero attached hydrogens (tertiary/aromatic N) is 1. The molecule has 1 aromatic heterocycles. The first kappa shape index (κ1) is 9.78. The van der Waals surface area contributed by atoms with Gasteiger partial charge in [-0.25, -0.2) is 0 Å². The summed E-state index contributed by atoms with van der Waals surface area (Å²) >= 11 is 3.50. The van der Waals surface area contributed by atoms with E-state index in [0.29, 0.717) is 5.92 Å². The van der Waals surface area contributed by atoms with Crippen LogP contribution in [0.5, 0.6) is 0 Å². The Morgan fingerprint density at radius 3 is 2.57 bits per heavy atom. The van der Waals surface area contributed by atoms with E-state index in [2.05, 4.69) is 65.7 Å². The van der Waals surface area contributed by atoms with Crippen LogP contribution in [0.15, 0.2) is 28.7 Å². The molecule has 0 N–H and O–H groups in total. The highest BCUT2D eigenvalue weighted by atomic mass is 79.9. The molecule has 0 atom stereocenters. The number of aromatic nitrogens is 1. The van der Waals surface area contributed by atoms with Gasteiger partial charge >= 0.3 is 0 Å². The van der Waals surface area contributed by atoms with E-state index in [1.54, 1.807) is 0 Å². The van der Waals surface area contributed by atoms with E-state index < -0.39 is 0 Å². The minimum atomic E-state index is 0.575. The summed E-state index contributed by atoms with van der Waals surface area (Å²) in [6.07, 6.45) is 0. The van der Waals surface area contributed by atoms with Crippen molar-refractivity contribution in [3.8, 4) is 0 Å². The zero-order chi connectivity index (χ0) is 10.3. The quantitative estimate of drug-likeness (QED) is 0.721. The van der Waals surface area contributed by atoms with Crippen LogP contribution in [0, 0.1) is 0 Å². The summed E-state index contributed by atoms with van der Waals surface area (Å²) in [6.45, 7) is 4.45. The van der Waals surface area contributed by atoms with Crippen molar-refractivity contribution in [1.29, 1.82) is 0 Å². The molecule has 0 bridgehead atoms. The third-order valence-electron chi connectivity index (χ3n) is 2.64. The predicted molar refractivity (Wildman–Crippen MR) is 64.7 cm³/mol. The van der Waals surface area contributed by atoms with Crippen molar-refractivity contribution in [3.63, 3.8) is 0 Å². The first-order valence-corrected chi connectivity index (χ1v) is 5.64. The maximum Gasteiger partial charge on any atom is 0.0491 e. The Labute approximate surface area is 92.9 Å². The lowest BCUT2D eigenvalue weighted by Crippen LogP contribution is -1.97. The second kappa shape index (κ2) is 3.43. The Morgan fingerprint density at radius 2 is 1.93 bits per heavy atom. The molecular formula is C12H14BrN. The van der Waals surface area contributed by atoms with Gasteiger partial charge in [0.2, 0.25) is 0 Å². The molecule has 0 spiro atoms. The number of halogens is 1. The maximum absolute atomic E-state index is 3.50. The van der Waals surface area contributed by atoms with Crippen LogP contribution in [0.2, 0.25) is 0 Å². The third-order valence-corrected chi connectivity index (χ3v) is 3.13. The SMILES string of the molecule is CC(C)c1cc2ccc(Br)cc2n1C. The van der Waals surface area contributed by atoms with E-state index in [9.17, 15) is 0 Å². The summed E-state index contributed by atoms with van der Waals surface area (Å²) in [5.41, 5.74) is 2.68. The summed E-state index contributed by atoms with van der Waals surface area (Å²) < 4.78 is 3.41. The van der Waals surface area contributed by atoms with Gasteiger partial charge in [0.1, 0.15) is 0 Å². The molecule has 1 nitrogen and oxygen atoms in total. The Hall–Kier alpha value is -0.760. The Morgan fingerprint density at radius 1 is 1.21 bits per heavy atom. The summed E-state index contributed by atoms with van der Waals surface area (Å²) in [5, 5.41) is 1.32. The molecule has 0 radical (unpaired) electrons. The maximum atomic E-state index is 3.50. The van der Waals surface area contributed by atoms with Gasteiger partial charge in [-0.1, -0.05) is 35.8 Å². The first-order chi connectivity index (χ1) is 6.59. The average Bonchev–Trinajstić information content (AvgIpc) is 2.44. The van der Waals surface area contributed by atoms with Crippen LogP contribution in [0.4, 0.5) is 0 Å². The molecule has 14 heavy (non-hydrogen) atoms. The van der Waals surface area contributed by atoms with Crippen molar-refractivity contribution in [3.05, 3.63) is 34.4 Å². The molecule has 0 unspecified atom stereocenters. The van der Waals surface area contributed by atoms with Crippen LogP contribution in [0.1, 0.15) is 25.5 Å². The van der Waals surface area contributed by atoms with Gasteiger partial charge in [0.15, 0.2) is 0 Å². The molecule has 0 saturated heterocycles. The highest BCUT2D eigenvalue weighted by molar-refractivity contribution is 9.10. The predicted octanol–water partition coefficient (Wildman–Crippen LogP) is 4.06. The molecule has 0 aliphatic rings. The van der Waals surface area contributed by atoms with Gasteiger partial charge < -0.3 is 4.57 Å². The van der Waals surface area contributed by atoms with Gasteiger partial charge in [-0.2, -0.15) is 0 Å². The van der Waals surface area contributed by atoms with Crippen LogP contribution >= 0.6 is 15.9 Å². The zero-order valence-corrected chi connectivity index (χ0v) is 10.3. The van der Waals surface area contributed by atoms with Crippen molar-refractivity contribution >= 4 is 26.8 Å². The largest absolute Gasteiger partial charge is 0.347 e.